The van der Waals surface area contributed by atoms with Gasteiger partial charge in [-0.1, -0.05) is 11.6 Å². The van der Waals surface area contributed by atoms with E-state index < -0.39 is 15.8 Å². The summed E-state index contributed by atoms with van der Waals surface area (Å²) >= 11 is 5.65. The van der Waals surface area contributed by atoms with Gasteiger partial charge in [-0.2, -0.15) is 5.10 Å². The Bertz CT molecular complexity index is 684. The minimum absolute atomic E-state index is 0.0484. The first-order chi connectivity index (χ1) is 8.45. The van der Waals surface area contributed by atoms with Crippen LogP contribution in [0.3, 0.4) is 0 Å². The summed E-state index contributed by atoms with van der Waals surface area (Å²) in [5.74, 6) is -0.578. The molecule has 0 atom stereocenters. The van der Waals surface area contributed by atoms with Gasteiger partial charge in [-0.05, 0) is 31.3 Å². The van der Waals surface area contributed by atoms with Crippen LogP contribution in [-0.4, -0.2) is 25.2 Å². The first-order valence-electron chi connectivity index (χ1n) is 4.89. The van der Waals surface area contributed by atoms with E-state index in [-0.39, 0.29) is 10.0 Å². The van der Waals surface area contributed by atoms with Gasteiger partial charge in [0, 0.05) is 0 Å². The van der Waals surface area contributed by atoms with Crippen LogP contribution in [0.15, 0.2) is 35.5 Å². The zero-order valence-electron chi connectivity index (χ0n) is 9.26. The lowest BCUT2D eigenvalue weighted by molar-refractivity contribution is 0.577. The van der Waals surface area contributed by atoms with E-state index in [2.05, 4.69) is 9.82 Å². The molecule has 0 unspecified atom stereocenters. The van der Waals surface area contributed by atoms with Crippen molar-refractivity contribution in [2.45, 2.75) is 5.03 Å². The van der Waals surface area contributed by atoms with Gasteiger partial charge >= 0.3 is 0 Å². The Morgan fingerprint density at radius 1 is 1.39 bits per heavy atom. The van der Waals surface area contributed by atoms with Gasteiger partial charge < -0.3 is 0 Å². The summed E-state index contributed by atoms with van der Waals surface area (Å²) in [4.78, 5) is 0. The highest BCUT2D eigenvalue weighted by molar-refractivity contribution is 7.89. The largest absolute Gasteiger partial charge is 0.257 e. The van der Waals surface area contributed by atoms with Crippen molar-refractivity contribution >= 4 is 21.6 Å². The van der Waals surface area contributed by atoms with E-state index in [4.69, 9.17) is 11.6 Å². The van der Waals surface area contributed by atoms with Gasteiger partial charge in [0.15, 0.2) is 5.03 Å². The Hall–Kier alpha value is -1.44. The summed E-state index contributed by atoms with van der Waals surface area (Å²) in [6.45, 7) is 0. The zero-order valence-corrected chi connectivity index (χ0v) is 10.8. The third kappa shape index (κ3) is 2.24. The molecule has 1 aromatic carbocycles. The second-order valence-corrected chi connectivity index (χ2v) is 5.63. The van der Waals surface area contributed by atoms with Crippen LogP contribution in [0.4, 0.5) is 4.39 Å². The molecule has 0 aliphatic heterocycles. The van der Waals surface area contributed by atoms with Crippen LogP contribution in [0.2, 0.25) is 5.02 Å². The van der Waals surface area contributed by atoms with E-state index in [0.717, 1.165) is 10.7 Å². The van der Waals surface area contributed by atoms with E-state index in [9.17, 15) is 12.8 Å². The Kier molecular flexibility index (Phi) is 3.38. The fourth-order valence-electron chi connectivity index (χ4n) is 1.41. The molecule has 0 saturated carbocycles. The van der Waals surface area contributed by atoms with Crippen LogP contribution in [0, 0.1) is 5.82 Å². The van der Waals surface area contributed by atoms with E-state index in [0.29, 0.717) is 5.69 Å². The van der Waals surface area contributed by atoms with E-state index in [1.165, 1.54) is 31.4 Å². The number of hydrogen-bond donors (Lipinski definition) is 1. The molecule has 0 radical (unpaired) electrons. The minimum Gasteiger partial charge on any atom is -0.221 e. The molecular formula is C10H9ClFN3O2S. The molecule has 2 rings (SSSR count). The molecule has 1 aromatic heterocycles. The minimum atomic E-state index is -3.64. The smallest absolute Gasteiger partial charge is 0.221 e. The molecule has 8 heteroatoms. The van der Waals surface area contributed by atoms with E-state index in [1.807, 2.05) is 0 Å². The van der Waals surface area contributed by atoms with Gasteiger partial charge in [-0.15, -0.1) is 0 Å². The molecule has 1 N–H and O–H groups in total. The Balaban J connectivity index is 2.59. The second-order valence-electron chi connectivity index (χ2n) is 3.39. The van der Waals surface area contributed by atoms with Gasteiger partial charge in [0.1, 0.15) is 5.82 Å². The molecule has 0 aliphatic carbocycles. The van der Waals surface area contributed by atoms with Gasteiger partial charge in [0.25, 0.3) is 10.0 Å². The summed E-state index contributed by atoms with van der Waals surface area (Å²) in [6.07, 6.45) is 1.33. The van der Waals surface area contributed by atoms with Crippen molar-refractivity contribution in [2.24, 2.45) is 0 Å². The molecule has 0 spiro atoms. The predicted octanol–water partition coefficient (Wildman–Crippen LogP) is 1.57. The SMILES string of the molecule is CNS(=O)(=O)c1ccnn1-c1ccc(F)c(Cl)c1. The first-order valence-corrected chi connectivity index (χ1v) is 6.75. The van der Waals surface area contributed by atoms with Crippen molar-refractivity contribution in [3.05, 3.63) is 41.3 Å². The number of halogens is 2. The number of sulfonamides is 1. The molecule has 0 aliphatic rings. The molecule has 0 amide bonds. The summed E-state index contributed by atoms with van der Waals surface area (Å²) < 4.78 is 39.9. The molecule has 0 bridgehead atoms. The third-order valence-corrected chi connectivity index (χ3v) is 3.99. The standard InChI is InChI=1S/C10H9ClFN3O2S/c1-13-18(16,17)10-4-5-14-15(10)7-2-3-9(12)8(11)6-7/h2-6,13H,1H3. The Labute approximate surface area is 108 Å². The highest BCUT2D eigenvalue weighted by Crippen LogP contribution is 2.21. The van der Waals surface area contributed by atoms with Crippen LogP contribution in [0.5, 0.6) is 0 Å². The van der Waals surface area contributed by atoms with Gasteiger partial charge in [-0.3, -0.25) is 0 Å². The monoisotopic (exact) mass is 289 g/mol. The lowest BCUT2D eigenvalue weighted by Gasteiger charge is -2.08. The second kappa shape index (κ2) is 4.68. The maximum Gasteiger partial charge on any atom is 0.257 e. The molecule has 0 fully saturated rings. The quantitative estimate of drug-likeness (QED) is 0.933. The first kappa shape index (κ1) is 13.0. The fraction of sp³-hybridized carbons (Fsp3) is 0.100. The average molecular weight is 290 g/mol. The van der Waals surface area contributed by atoms with E-state index >= 15 is 0 Å². The highest BCUT2D eigenvalue weighted by Gasteiger charge is 2.18. The summed E-state index contributed by atoms with van der Waals surface area (Å²) in [5.41, 5.74) is 0.361. The highest BCUT2D eigenvalue weighted by atomic mass is 35.5. The van der Waals surface area contributed by atoms with Gasteiger partial charge in [0.2, 0.25) is 0 Å². The number of aromatic nitrogens is 2. The Morgan fingerprint density at radius 2 is 2.11 bits per heavy atom. The Morgan fingerprint density at radius 3 is 2.72 bits per heavy atom. The number of rotatable bonds is 3. The molecule has 96 valence electrons. The predicted molar refractivity (Wildman–Crippen MR) is 64.8 cm³/mol. The van der Waals surface area contributed by atoms with Crippen molar-refractivity contribution in [1.82, 2.24) is 14.5 Å². The van der Waals surface area contributed by atoms with Gasteiger partial charge in [-0.25, -0.2) is 22.2 Å². The molecule has 18 heavy (non-hydrogen) atoms. The van der Waals surface area contributed by atoms with Crippen LogP contribution >= 0.6 is 11.6 Å². The lowest BCUT2D eigenvalue weighted by Crippen LogP contribution is -2.21. The number of benzene rings is 1. The maximum absolute atomic E-state index is 13.0. The number of nitrogens with one attached hydrogen (secondary N) is 1. The summed E-state index contributed by atoms with van der Waals surface area (Å²) in [6, 6.07) is 5.18. The molecule has 5 nitrogen and oxygen atoms in total. The lowest BCUT2D eigenvalue weighted by atomic mass is 10.3. The van der Waals surface area contributed by atoms with Crippen molar-refractivity contribution < 1.29 is 12.8 Å². The summed E-state index contributed by atoms with van der Waals surface area (Å²) in [7, 11) is -2.35. The third-order valence-electron chi connectivity index (χ3n) is 2.30. The van der Waals surface area contributed by atoms with Crippen LogP contribution < -0.4 is 4.72 Å². The van der Waals surface area contributed by atoms with Crippen molar-refractivity contribution in [3.63, 3.8) is 0 Å². The maximum atomic E-state index is 13.0. The van der Waals surface area contributed by atoms with Crippen molar-refractivity contribution in [2.75, 3.05) is 7.05 Å². The van der Waals surface area contributed by atoms with Crippen LogP contribution in [0.1, 0.15) is 0 Å². The summed E-state index contributed by atoms with van der Waals surface area (Å²) in [5, 5.41) is 3.74. The fourth-order valence-corrected chi connectivity index (χ4v) is 2.41. The van der Waals surface area contributed by atoms with Crippen LogP contribution in [-0.2, 0) is 10.0 Å². The normalized spacial score (nSPS) is 11.7. The molecule has 0 saturated heterocycles. The number of hydrogen-bond acceptors (Lipinski definition) is 3. The van der Waals surface area contributed by atoms with Crippen LogP contribution in [0.25, 0.3) is 5.69 Å². The topological polar surface area (TPSA) is 64.0 Å². The zero-order chi connectivity index (χ0) is 13.3. The van der Waals surface area contributed by atoms with E-state index in [1.54, 1.807) is 0 Å². The van der Waals surface area contributed by atoms with Gasteiger partial charge in [0.05, 0.1) is 16.9 Å². The average Bonchev–Trinajstić information content (AvgIpc) is 2.82. The number of nitrogens with zero attached hydrogens (tertiary/aromatic N) is 2. The molecule has 2 aromatic rings. The molecular weight excluding hydrogens is 281 g/mol. The van der Waals surface area contributed by atoms with Crippen molar-refractivity contribution in [1.29, 1.82) is 0 Å². The molecule has 1 heterocycles. The van der Waals surface area contributed by atoms with Crippen molar-refractivity contribution in [3.8, 4) is 5.69 Å².